The molecule has 86 valence electrons. The second kappa shape index (κ2) is 4.80. The number of hydrogen-bond acceptors (Lipinski definition) is 4. The summed E-state index contributed by atoms with van der Waals surface area (Å²) in [6, 6.07) is 0.238. The van der Waals surface area contributed by atoms with Crippen LogP contribution in [0, 0.1) is 0 Å². The lowest BCUT2D eigenvalue weighted by atomic mass is 10.3. The van der Waals surface area contributed by atoms with Gasteiger partial charge < -0.3 is 14.6 Å². The summed E-state index contributed by atoms with van der Waals surface area (Å²) in [4.78, 5) is 4.25. The van der Waals surface area contributed by atoms with Crippen molar-refractivity contribution >= 4 is 11.6 Å². The average molecular weight is 221 g/mol. The van der Waals surface area contributed by atoms with Gasteiger partial charge in [-0.25, -0.2) is 4.98 Å². The Kier molecular flexibility index (Phi) is 3.21. The van der Waals surface area contributed by atoms with E-state index in [0.29, 0.717) is 6.61 Å². The number of ether oxygens (including phenoxy) is 1. The Morgan fingerprint density at radius 3 is 3.19 bits per heavy atom. The van der Waals surface area contributed by atoms with Crippen LogP contribution in [-0.4, -0.2) is 33.5 Å². The van der Waals surface area contributed by atoms with Gasteiger partial charge in [0.25, 0.3) is 0 Å². The molecule has 2 aromatic heterocycles. The predicted molar refractivity (Wildman–Crippen MR) is 60.7 cm³/mol. The molecule has 0 aliphatic carbocycles. The van der Waals surface area contributed by atoms with Crippen LogP contribution in [0.2, 0.25) is 0 Å². The first kappa shape index (κ1) is 10.7. The second-order valence-electron chi connectivity index (χ2n) is 3.57. The molecule has 0 aliphatic rings. The van der Waals surface area contributed by atoms with Crippen LogP contribution < -0.4 is 5.32 Å². The fourth-order valence-corrected chi connectivity index (χ4v) is 1.54. The number of imidazole rings is 1. The lowest BCUT2D eigenvalue weighted by Gasteiger charge is -2.15. The normalized spacial score (nSPS) is 12.6. The van der Waals surface area contributed by atoms with Crippen molar-refractivity contribution in [3.05, 3.63) is 24.8 Å². The number of methoxy groups -OCH3 is 1. The van der Waals surface area contributed by atoms with E-state index in [1.165, 1.54) is 0 Å². The first-order chi connectivity index (χ1) is 7.81. The molecule has 2 rings (SSSR count). The number of rotatable bonds is 5. The number of hydrogen-bond donors (Lipinski definition) is 2. The van der Waals surface area contributed by atoms with Gasteiger partial charge in [0.05, 0.1) is 24.5 Å². The van der Waals surface area contributed by atoms with Gasteiger partial charge >= 0.3 is 0 Å². The first-order valence-corrected chi connectivity index (χ1v) is 5.09. The van der Waals surface area contributed by atoms with Crippen LogP contribution in [0.3, 0.4) is 0 Å². The zero-order chi connectivity index (χ0) is 11.4. The fourth-order valence-electron chi connectivity index (χ4n) is 1.54. The van der Waals surface area contributed by atoms with Gasteiger partial charge in [-0.2, -0.15) is 5.10 Å². The molecule has 1 atom stereocenters. The van der Waals surface area contributed by atoms with Crippen LogP contribution >= 0.6 is 0 Å². The van der Waals surface area contributed by atoms with Crippen molar-refractivity contribution in [3.8, 4) is 0 Å². The summed E-state index contributed by atoms with van der Waals surface area (Å²) in [6.45, 7) is 2.72. The summed E-state index contributed by atoms with van der Waals surface area (Å²) >= 11 is 0. The highest BCUT2D eigenvalue weighted by Gasteiger charge is 2.09. The highest BCUT2D eigenvalue weighted by Crippen LogP contribution is 2.17. The van der Waals surface area contributed by atoms with Gasteiger partial charge in [0.2, 0.25) is 5.95 Å². The van der Waals surface area contributed by atoms with Gasteiger partial charge in [-0.15, -0.1) is 0 Å². The average Bonchev–Trinajstić information content (AvgIpc) is 2.90. The molecule has 0 fully saturated rings. The van der Waals surface area contributed by atoms with Crippen molar-refractivity contribution in [2.75, 3.05) is 19.0 Å². The van der Waals surface area contributed by atoms with Crippen molar-refractivity contribution in [1.82, 2.24) is 19.7 Å². The highest BCUT2D eigenvalue weighted by atomic mass is 16.5. The van der Waals surface area contributed by atoms with Crippen molar-refractivity contribution < 1.29 is 4.74 Å². The quantitative estimate of drug-likeness (QED) is 0.804. The molecule has 1 unspecified atom stereocenters. The van der Waals surface area contributed by atoms with Crippen molar-refractivity contribution in [2.24, 2.45) is 0 Å². The molecule has 0 bridgehead atoms. The molecule has 2 aromatic rings. The maximum Gasteiger partial charge on any atom is 0.207 e. The number of anilines is 2. The third kappa shape index (κ3) is 2.22. The molecule has 2 N–H and O–H groups in total. The van der Waals surface area contributed by atoms with E-state index in [0.717, 1.165) is 11.6 Å². The minimum Gasteiger partial charge on any atom is -0.383 e. The van der Waals surface area contributed by atoms with Crippen LogP contribution in [0.4, 0.5) is 11.6 Å². The molecule has 0 radical (unpaired) electrons. The van der Waals surface area contributed by atoms with E-state index in [1.54, 1.807) is 25.7 Å². The van der Waals surface area contributed by atoms with Gasteiger partial charge in [0.15, 0.2) is 0 Å². The van der Waals surface area contributed by atoms with E-state index in [9.17, 15) is 0 Å². The van der Waals surface area contributed by atoms with Gasteiger partial charge in [-0.05, 0) is 6.92 Å². The SMILES string of the molecule is COCC(C)n1ccnc1Nc1cn[nH]c1. The number of nitrogens with one attached hydrogen (secondary N) is 2. The lowest BCUT2D eigenvalue weighted by molar-refractivity contribution is 0.163. The van der Waals surface area contributed by atoms with E-state index in [1.807, 2.05) is 10.8 Å². The molecular formula is C10H15N5O. The number of aromatic amines is 1. The topological polar surface area (TPSA) is 67.8 Å². The summed E-state index contributed by atoms with van der Waals surface area (Å²) in [6.07, 6.45) is 7.17. The van der Waals surface area contributed by atoms with E-state index < -0.39 is 0 Å². The minimum atomic E-state index is 0.238. The van der Waals surface area contributed by atoms with Gasteiger partial charge in [-0.3, -0.25) is 5.10 Å². The Morgan fingerprint density at radius 2 is 2.50 bits per heavy atom. The number of H-pyrrole nitrogens is 1. The monoisotopic (exact) mass is 221 g/mol. The fraction of sp³-hybridized carbons (Fsp3) is 0.400. The third-order valence-corrected chi connectivity index (χ3v) is 2.31. The first-order valence-electron chi connectivity index (χ1n) is 5.09. The number of nitrogens with zero attached hydrogens (tertiary/aromatic N) is 3. The third-order valence-electron chi connectivity index (χ3n) is 2.31. The Bertz CT molecular complexity index is 422. The van der Waals surface area contributed by atoms with Crippen LogP contribution in [0.15, 0.2) is 24.8 Å². The van der Waals surface area contributed by atoms with Crippen LogP contribution in [0.1, 0.15) is 13.0 Å². The molecule has 0 aliphatic heterocycles. The molecule has 0 amide bonds. The van der Waals surface area contributed by atoms with Gasteiger partial charge in [-0.1, -0.05) is 0 Å². The standard InChI is InChI=1S/C10H15N5O/c1-8(7-16-2)15-4-3-11-10(15)14-9-5-12-13-6-9/h3-6,8H,7H2,1-2H3,(H,11,14)(H,12,13). The molecule has 0 saturated heterocycles. The van der Waals surface area contributed by atoms with Crippen molar-refractivity contribution in [1.29, 1.82) is 0 Å². The van der Waals surface area contributed by atoms with E-state index in [4.69, 9.17) is 4.74 Å². The van der Waals surface area contributed by atoms with E-state index in [2.05, 4.69) is 27.4 Å². The Hall–Kier alpha value is -1.82. The Balaban J connectivity index is 2.13. The largest absolute Gasteiger partial charge is 0.383 e. The molecule has 0 aromatic carbocycles. The molecular weight excluding hydrogens is 206 g/mol. The number of aromatic nitrogens is 4. The summed E-state index contributed by atoms with van der Waals surface area (Å²) in [5, 5.41) is 9.78. The van der Waals surface area contributed by atoms with E-state index >= 15 is 0 Å². The molecule has 2 heterocycles. The molecule has 6 heteroatoms. The smallest absolute Gasteiger partial charge is 0.207 e. The second-order valence-corrected chi connectivity index (χ2v) is 3.57. The van der Waals surface area contributed by atoms with Crippen molar-refractivity contribution in [2.45, 2.75) is 13.0 Å². The van der Waals surface area contributed by atoms with Gasteiger partial charge in [0, 0.05) is 25.7 Å². The summed E-state index contributed by atoms with van der Waals surface area (Å²) in [7, 11) is 1.69. The van der Waals surface area contributed by atoms with Gasteiger partial charge in [0.1, 0.15) is 0 Å². The van der Waals surface area contributed by atoms with E-state index in [-0.39, 0.29) is 6.04 Å². The summed E-state index contributed by atoms with van der Waals surface area (Å²) in [5.74, 6) is 0.783. The van der Waals surface area contributed by atoms with Crippen LogP contribution in [-0.2, 0) is 4.74 Å². The molecule has 0 saturated carbocycles. The maximum atomic E-state index is 5.12. The summed E-state index contributed by atoms with van der Waals surface area (Å²) < 4.78 is 7.15. The maximum absolute atomic E-state index is 5.12. The predicted octanol–water partition coefficient (Wildman–Crippen LogP) is 1.56. The van der Waals surface area contributed by atoms with Crippen LogP contribution in [0.5, 0.6) is 0 Å². The van der Waals surface area contributed by atoms with Crippen LogP contribution in [0.25, 0.3) is 0 Å². The lowest BCUT2D eigenvalue weighted by Crippen LogP contribution is -2.12. The Labute approximate surface area is 93.6 Å². The molecule has 6 nitrogen and oxygen atoms in total. The zero-order valence-electron chi connectivity index (χ0n) is 9.34. The summed E-state index contributed by atoms with van der Waals surface area (Å²) in [5.41, 5.74) is 0.886. The zero-order valence-corrected chi connectivity index (χ0v) is 9.34. The molecule has 0 spiro atoms. The highest BCUT2D eigenvalue weighted by molar-refractivity contribution is 5.50. The molecule has 16 heavy (non-hydrogen) atoms. The Morgan fingerprint density at radius 1 is 1.62 bits per heavy atom. The van der Waals surface area contributed by atoms with Crippen molar-refractivity contribution in [3.63, 3.8) is 0 Å². The minimum absolute atomic E-state index is 0.238.